The maximum atomic E-state index is 13.0. The number of aromatic nitrogens is 3. The third kappa shape index (κ3) is 3.40. The van der Waals surface area contributed by atoms with E-state index < -0.39 is 34.5 Å². The zero-order valence-electron chi connectivity index (χ0n) is 15.3. The first-order chi connectivity index (χ1) is 13.5. The summed E-state index contributed by atoms with van der Waals surface area (Å²) in [5.41, 5.74) is 4.39. The van der Waals surface area contributed by atoms with Crippen LogP contribution in [0.15, 0.2) is 6.07 Å². The third-order valence-corrected chi connectivity index (χ3v) is 5.25. The van der Waals surface area contributed by atoms with Crippen LogP contribution < -0.4 is 11.1 Å². The van der Waals surface area contributed by atoms with Crippen LogP contribution >= 0.6 is 11.3 Å². The lowest BCUT2D eigenvalue weighted by Gasteiger charge is -2.08. The van der Waals surface area contributed by atoms with Gasteiger partial charge in [-0.25, -0.2) is 13.8 Å². The van der Waals surface area contributed by atoms with Crippen molar-refractivity contribution in [1.29, 1.82) is 0 Å². The SMILES string of the molecule is Cc1nn(C)c(C(=O)Nc2c(C(N)=O)sc3nc(C(F)F)cc(C)c23)c1[N+](=O)[O-]. The van der Waals surface area contributed by atoms with Crippen LogP contribution in [-0.2, 0) is 7.05 Å². The summed E-state index contributed by atoms with van der Waals surface area (Å²) in [5, 5.41) is 17.9. The van der Waals surface area contributed by atoms with Crippen molar-refractivity contribution in [1.82, 2.24) is 14.8 Å². The van der Waals surface area contributed by atoms with Gasteiger partial charge in [-0.15, -0.1) is 11.3 Å². The van der Waals surface area contributed by atoms with E-state index >= 15 is 0 Å². The van der Waals surface area contributed by atoms with E-state index in [4.69, 9.17) is 5.73 Å². The first-order valence-corrected chi connectivity index (χ1v) is 8.85. The van der Waals surface area contributed by atoms with E-state index in [1.165, 1.54) is 20.9 Å². The highest BCUT2D eigenvalue weighted by molar-refractivity contribution is 7.21. The van der Waals surface area contributed by atoms with Gasteiger partial charge in [0.1, 0.15) is 21.1 Å². The second kappa shape index (κ2) is 7.16. The summed E-state index contributed by atoms with van der Waals surface area (Å²) in [6.45, 7) is 2.89. The number of hydrogen-bond donors (Lipinski definition) is 2. The fourth-order valence-electron chi connectivity index (χ4n) is 3.00. The fraction of sp³-hybridized carbons (Fsp3) is 0.250. The Labute approximate surface area is 165 Å². The number of thiophene rings is 1. The lowest BCUT2D eigenvalue weighted by molar-refractivity contribution is -0.385. The topological polar surface area (TPSA) is 146 Å². The van der Waals surface area contributed by atoms with E-state index in [1.807, 2.05) is 0 Å². The number of hydrogen-bond acceptors (Lipinski definition) is 7. The molecule has 0 spiro atoms. The molecule has 0 aromatic carbocycles. The Balaban J connectivity index is 2.18. The zero-order chi connectivity index (χ0) is 21.6. The standard InChI is InChI=1S/C16H14F2N6O4S/c1-5-4-7(13(17)18)20-16-8(5)9(12(29-16)14(19)25)21-15(26)11-10(24(27)28)6(2)22-23(11)3/h4,13H,1-3H3,(H2,19,25)(H,21,26). The molecule has 3 aromatic rings. The number of carbonyl (C=O) groups excluding carboxylic acids is 2. The Kier molecular flexibility index (Phi) is 5.00. The van der Waals surface area contributed by atoms with Gasteiger partial charge in [-0.1, -0.05) is 0 Å². The molecule has 10 nitrogen and oxygen atoms in total. The smallest absolute Gasteiger partial charge is 0.322 e. The van der Waals surface area contributed by atoms with Crippen molar-refractivity contribution in [2.24, 2.45) is 12.8 Å². The minimum atomic E-state index is -2.82. The molecule has 0 aliphatic carbocycles. The number of nitrogens with one attached hydrogen (secondary N) is 1. The number of aryl methyl sites for hydroxylation is 3. The number of nitrogens with two attached hydrogens (primary N) is 1. The van der Waals surface area contributed by atoms with Crippen LogP contribution in [0.2, 0.25) is 0 Å². The predicted molar refractivity (Wildman–Crippen MR) is 100 cm³/mol. The molecule has 13 heteroatoms. The van der Waals surface area contributed by atoms with Gasteiger partial charge in [-0.2, -0.15) is 5.10 Å². The molecule has 0 aliphatic rings. The Hall–Kier alpha value is -3.48. The molecule has 0 bridgehead atoms. The van der Waals surface area contributed by atoms with Crippen molar-refractivity contribution in [3.8, 4) is 0 Å². The average molecular weight is 424 g/mol. The summed E-state index contributed by atoms with van der Waals surface area (Å²) in [6.07, 6.45) is -2.82. The van der Waals surface area contributed by atoms with Gasteiger partial charge in [0.05, 0.1) is 10.6 Å². The zero-order valence-corrected chi connectivity index (χ0v) is 16.1. The van der Waals surface area contributed by atoms with Crippen molar-refractivity contribution in [2.75, 3.05) is 5.32 Å². The van der Waals surface area contributed by atoms with Gasteiger partial charge in [0.15, 0.2) is 0 Å². The Bertz CT molecular complexity index is 1190. The first kappa shape index (κ1) is 20.3. The lowest BCUT2D eigenvalue weighted by atomic mass is 10.1. The lowest BCUT2D eigenvalue weighted by Crippen LogP contribution is -2.20. The number of fused-ring (bicyclic) bond motifs is 1. The number of pyridine rings is 1. The maximum Gasteiger partial charge on any atom is 0.322 e. The molecule has 3 heterocycles. The van der Waals surface area contributed by atoms with Crippen molar-refractivity contribution in [3.63, 3.8) is 0 Å². The van der Waals surface area contributed by atoms with Gasteiger partial charge < -0.3 is 11.1 Å². The molecule has 0 radical (unpaired) electrons. The van der Waals surface area contributed by atoms with Gasteiger partial charge in [0, 0.05) is 12.4 Å². The van der Waals surface area contributed by atoms with E-state index in [1.54, 1.807) is 0 Å². The molecule has 152 valence electrons. The number of nitro groups is 1. The molecular weight excluding hydrogens is 410 g/mol. The van der Waals surface area contributed by atoms with E-state index in [2.05, 4.69) is 15.4 Å². The minimum absolute atomic E-state index is 0.0346. The molecule has 29 heavy (non-hydrogen) atoms. The molecule has 0 aliphatic heterocycles. The van der Waals surface area contributed by atoms with Gasteiger partial charge >= 0.3 is 5.69 Å². The number of amides is 2. The van der Waals surface area contributed by atoms with E-state index in [0.29, 0.717) is 5.56 Å². The van der Waals surface area contributed by atoms with Crippen LogP contribution in [0.3, 0.4) is 0 Å². The Morgan fingerprint density at radius 1 is 1.38 bits per heavy atom. The summed E-state index contributed by atoms with van der Waals surface area (Å²) < 4.78 is 27.1. The summed E-state index contributed by atoms with van der Waals surface area (Å²) in [7, 11) is 1.36. The van der Waals surface area contributed by atoms with Crippen molar-refractivity contribution >= 4 is 44.7 Å². The quantitative estimate of drug-likeness (QED) is 0.476. The summed E-state index contributed by atoms with van der Waals surface area (Å²) in [5.74, 6) is -1.81. The van der Waals surface area contributed by atoms with Gasteiger partial charge in [-0.05, 0) is 25.5 Å². The summed E-state index contributed by atoms with van der Waals surface area (Å²) in [6, 6.07) is 1.14. The second-order valence-corrected chi connectivity index (χ2v) is 7.13. The van der Waals surface area contributed by atoms with Crippen molar-refractivity contribution < 1.29 is 23.3 Å². The largest absolute Gasteiger partial charge is 0.365 e. The molecule has 0 unspecified atom stereocenters. The maximum absolute atomic E-state index is 13.0. The highest BCUT2D eigenvalue weighted by Crippen LogP contribution is 2.38. The third-order valence-electron chi connectivity index (χ3n) is 4.15. The molecule has 3 aromatic heterocycles. The monoisotopic (exact) mass is 424 g/mol. The van der Waals surface area contributed by atoms with Crippen LogP contribution in [-0.4, -0.2) is 31.5 Å². The molecule has 0 saturated carbocycles. The molecular formula is C16H14F2N6O4S. The number of rotatable bonds is 5. The molecule has 0 atom stereocenters. The number of halogens is 2. The Morgan fingerprint density at radius 2 is 2.03 bits per heavy atom. The van der Waals surface area contributed by atoms with Crippen LogP contribution in [0.1, 0.15) is 43.5 Å². The van der Waals surface area contributed by atoms with Gasteiger partial charge in [0.2, 0.25) is 5.69 Å². The van der Waals surface area contributed by atoms with Gasteiger partial charge in [0.25, 0.3) is 18.2 Å². The van der Waals surface area contributed by atoms with Crippen LogP contribution in [0.4, 0.5) is 20.2 Å². The van der Waals surface area contributed by atoms with Gasteiger partial charge in [-0.3, -0.25) is 24.4 Å². The number of alkyl halides is 2. The highest BCUT2D eigenvalue weighted by atomic mass is 32.1. The molecule has 3 rings (SSSR count). The molecule has 0 saturated heterocycles. The summed E-state index contributed by atoms with van der Waals surface area (Å²) >= 11 is 0.745. The normalized spacial score (nSPS) is 11.2. The first-order valence-electron chi connectivity index (χ1n) is 8.04. The minimum Gasteiger partial charge on any atom is -0.365 e. The van der Waals surface area contributed by atoms with E-state index in [-0.39, 0.29) is 32.2 Å². The van der Waals surface area contributed by atoms with Crippen LogP contribution in [0.5, 0.6) is 0 Å². The molecule has 2 amide bonds. The number of primary amides is 1. The predicted octanol–water partition coefficient (Wildman–Crippen LogP) is 2.84. The van der Waals surface area contributed by atoms with Crippen molar-refractivity contribution in [2.45, 2.75) is 20.3 Å². The second-order valence-electron chi connectivity index (χ2n) is 6.13. The van der Waals surface area contributed by atoms with E-state index in [0.717, 1.165) is 22.1 Å². The Morgan fingerprint density at radius 3 is 2.59 bits per heavy atom. The van der Waals surface area contributed by atoms with Crippen molar-refractivity contribution in [3.05, 3.63) is 43.7 Å². The van der Waals surface area contributed by atoms with E-state index in [9.17, 15) is 28.5 Å². The molecule has 0 fully saturated rings. The summed E-state index contributed by atoms with van der Waals surface area (Å²) in [4.78, 5) is 39.1. The average Bonchev–Trinajstić information content (AvgIpc) is 3.12. The number of nitrogens with zero attached hydrogens (tertiary/aromatic N) is 4. The van der Waals surface area contributed by atoms with Crippen LogP contribution in [0, 0.1) is 24.0 Å². The van der Waals surface area contributed by atoms with Crippen LogP contribution in [0.25, 0.3) is 10.2 Å². The highest BCUT2D eigenvalue weighted by Gasteiger charge is 2.31. The number of carbonyl (C=O) groups is 2. The molecule has 3 N–H and O–H groups in total. The number of anilines is 1. The fourth-order valence-corrected chi connectivity index (χ4v) is 4.07.